The molecule has 2 rings (SSSR count). The Morgan fingerprint density at radius 2 is 1.73 bits per heavy atom. The molecule has 0 aliphatic heterocycles. The predicted octanol–water partition coefficient (Wildman–Crippen LogP) is 3.45. The third-order valence-corrected chi connectivity index (χ3v) is 3.81. The first-order valence-electron chi connectivity index (χ1n) is 7.26. The molecule has 0 unspecified atom stereocenters. The monoisotopic (exact) mass is 300 g/mol. The van der Waals surface area contributed by atoms with E-state index in [1.807, 2.05) is 31.2 Å². The number of aromatic carboxylic acids is 1. The Bertz CT molecular complexity index is 660. The second-order valence-corrected chi connectivity index (χ2v) is 5.10. The molecule has 0 radical (unpaired) electrons. The molecule has 0 amide bonds. The summed E-state index contributed by atoms with van der Waals surface area (Å²) in [5, 5.41) is 19.3. The van der Waals surface area contributed by atoms with Gasteiger partial charge in [0.2, 0.25) is 0 Å². The molecule has 0 aliphatic carbocycles. The molecule has 0 saturated carbocycles. The Kier molecular flexibility index (Phi) is 5.04. The number of carboxylic acids is 1. The lowest BCUT2D eigenvalue weighted by molar-refractivity contribution is 0.0695. The second kappa shape index (κ2) is 6.98. The van der Waals surface area contributed by atoms with Crippen molar-refractivity contribution in [3.8, 4) is 11.5 Å². The summed E-state index contributed by atoms with van der Waals surface area (Å²) in [6.07, 6.45) is 1.89. The van der Waals surface area contributed by atoms with Crippen molar-refractivity contribution in [1.29, 1.82) is 0 Å². The van der Waals surface area contributed by atoms with Crippen molar-refractivity contribution < 1.29 is 19.7 Å². The van der Waals surface area contributed by atoms with Crippen molar-refractivity contribution in [3.05, 3.63) is 58.7 Å². The highest BCUT2D eigenvalue weighted by molar-refractivity contribution is 5.90. The van der Waals surface area contributed by atoms with Crippen LogP contribution in [0.5, 0.6) is 11.5 Å². The normalized spacial score (nSPS) is 10.5. The number of hydrogen-bond donors (Lipinski definition) is 2. The van der Waals surface area contributed by atoms with Crippen LogP contribution in [0.3, 0.4) is 0 Å². The summed E-state index contributed by atoms with van der Waals surface area (Å²) in [5.41, 5.74) is 2.80. The van der Waals surface area contributed by atoms with Gasteiger partial charge in [0, 0.05) is 0 Å². The van der Waals surface area contributed by atoms with Gasteiger partial charge in [-0.25, -0.2) is 4.79 Å². The lowest BCUT2D eigenvalue weighted by atomic mass is 9.93. The third-order valence-electron chi connectivity index (χ3n) is 3.81. The molecule has 22 heavy (non-hydrogen) atoms. The van der Waals surface area contributed by atoms with Crippen LogP contribution in [0.15, 0.2) is 36.4 Å². The van der Waals surface area contributed by atoms with E-state index in [9.17, 15) is 15.0 Å². The number of benzene rings is 2. The van der Waals surface area contributed by atoms with Gasteiger partial charge in [-0.2, -0.15) is 0 Å². The molecule has 4 nitrogen and oxygen atoms in total. The summed E-state index contributed by atoms with van der Waals surface area (Å²) in [6, 6.07) is 10.6. The molecule has 0 bridgehead atoms. The van der Waals surface area contributed by atoms with Crippen LogP contribution in [0.25, 0.3) is 0 Å². The molecule has 2 aromatic rings. The molecule has 0 fully saturated rings. The molecule has 0 saturated heterocycles. The molecule has 116 valence electrons. The van der Waals surface area contributed by atoms with E-state index >= 15 is 0 Å². The van der Waals surface area contributed by atoms with Crippen LogP contribution in [0.4, 0.5) is 0 Å². The zero-order valence-electron chi connectivity index (χ0n) is 12.8. The number of hydrogen-bond acceptors (Lipinski definition) is 3. The Balaban J connectivity index is 2.27. The standard InChI is InChI=1S/C18H20O4/c1-3-14-15(16(18(20)21)10-11-17(14)19)9-6-12-4-7-13(22-2)8-5-12/h4-5,7-8,10-11,19H,3,6,9H2,1-2H3,(H,20,21). The van der Waals surface area contributed by atoms with Crippen molar-refractivity contribution >= 4 is 5.97 Å². The van der Waals surface area contributed by atoms with E-state index in [0.717, 1.165) is 11.3 Å². The van der Waals surface area contributed by atoms with E-state index in [1.165, 1.54) is 12.1 Å². The molecule has 2 aromatic carbocycles. The van der Waals surface area contributed by atoms with Crippen LogP contribution in [0, 0.1) is 0 Å². The minimum absolute atomic E-state index is 0.164. The van der Waals surface area contributed by atoms with Crippen molar-refractivity contribution in [3.63, 3.8) is 0 Å². The number of carboxylic acid groups (broad SMARTS) is 1. The molecule has 2 N–H and O–H groups in total. The van der Waals surface area contributed by atoms with Gasteiger partial charge in [0.1, 0.15) is 11.5 Å². The maximum Gasteiger partial charge on any atom is 0.335 e. The van der Waals surface area contributed by atoms with Crippen molar-refractivity contribution in [2.75, 3.05) is 7.11 Å². The fraction of sp³-hybridized carbons (Fsp3) is 0.278. The largest absolute Gasteiger partial charge is 0.508 e. The topological polar surface area (TPSA) is 66.8 Å². The lowest BCUT2D eigenvalue weighted by Crippen LogP contribution is -2.07. The van der Waals surface area contributed by atoms with Gasteiger partial charge in [-0.15, -0.1) is 0 Å². The van der Waals surface area contributed by atoms with E-state index in [-0.39, 0.29) is 11.3 Å². The first-order chi connectivity index (χ1) is 10.6. The summed E-state index contributed by atoms with van der Waals surface area (Å²) >= 11 is 0. The van der Waals surface area contributed by atoms with Crippen molar-refractivity contribution in [1.82, 2.24) is 0 Å². The van der Waals surface area contributed by atoms with Gasteiger partial charge in [0.15, 0.2) is 0 Å². The van der Waals surface area contributed by atoms with Gasteiger partial charge in [-0.05, 0) is 60.2 Å². The van der Waals surface area contributed by atoms with E-state index in [0.29, 0.717) is 30.4 Å². The van der Waals surface area contributed by atoms with E-state index in [2.05, 4.69) is 0 Å². The number of phenols is 1. The Hall–Kier alpha value is -2.49. The maximum atomic E-state index is 11.4. The van der Waals surface area contributed by atoms with E-state index in [1.54, 1.807) is 7.11 Å². The predicted molar refractivity (Wildman–Crippen MR) is 84.8 cm³/mol. The number of aryl methyl sites for hydroxylation is 1. The molecular formula is C18H20O4. The fourth-order valence-corrected chi connectivity index (χ4v) is 2.62. The number of phenolic OH excluding ortho intramolecular Hbond substituents is 1. The van der Waals surface area contributed by atoms with Gasteiger partial charge in [-0.1, -0.05) is 19.1 Å². The molecule has 0 spiro atoms. The summed E-state index contributed by atoms with van der Waals surface area (Å²) in [5.74, 6) is -0.00163. The number of ether oxygens (including phenoxy) is 1. The average molecular weight is 300 g/mol. The molecule has 0 aliphatic rings. The number of aromatic hydroxyl groups is 1. The number of methoxy groups -OCH3 is 1. The summed E-state index contributed by atoms with van der Waals surface area (Å²) < 4.78 is 5.12. The van der Waals surface area contributed by atoms with Gasteiger partial charge in [0.05, 0.1) is 12.7 Å². The molecule has 0 aromatic heterocycles. The van der Waals surface area contributed by atoms with Crippen LogP contribution in [-0.4, -0.2) is 23.3 Å². The minimum Gasteiger partial charge on any atom is -0.508 e. The molecule has 0 heterocycles. The summed E-state index contributed by atoms with van der Waals surface area (Å²) in [4.78, 5) is 11.4. The quantitative estimate of drug-likeness (QED) is 0.857. The fourth-order valence-electron chi connectivity index (χ4n) is 2.62. The maximum absolute atomic E-state index is 11.4. The zero-order valence-corrected chi connectivity index (χ0v) is 12.8. The summed E-state index contributed by atoms with van der Waals surface area (Å²) in [7, 11) is 1.62. The van der Waals surface area contributed by atoms with E-state index in [4.69, 9.17) is 4.74 Å². The van der Waals surface area contributed by atoms with Crippen LogP contribution < -0.4 is 4.74 Å². The Labute approximate surface area is 130 Å². The first kappa shape index (κ1) is 15.9. The van der Waals surface area contributed by atoms with Gasteiger partial charge in [0.25, 0.3) is 0 Å². The third kappa shape index (κ3) is 3.39. The van der Waals surface area contributed by atoms with Crippen molar-refractivity contribution in [2.24, 2.45) is 0 Å². The molecule has 4 heteroatoms. The smallest absolute Gasteiger partial charge is 0.335 e. The molecule has 0 atom stereocenters. The molecular weight excluding hydrogens is 280 g/mol. The average Bonchev–Trinajstić information content (AvgIpc) is 2.53. The second-order valence-electron chi connectivity index (χ2n) is 5.10. The highest BCUT2D eigenvalue weighted by Crippen LogP contribution is 2.27. The zero-order chi connectivity index (χ0) is 16.1. The minimum atomic E-state index is -0.959. The number of rotatable bonds is 6. The van der Waals surface area contributed by atoms with Crippen LogP contribution >= 0.6 is 0 Å². The Morgan fingerprint density at radius 3 is 2.27 bits per heavy atom. The Morgan fingerprint density at radius 1 is 1.05 bits per heavy atom. The van der Waals surface area contributed by atoms with Crippen molar-refractivity contribution in [2.45, 2.75) is 26.2 Å². The van der Waals surface area contributed by atoms with Crippen LogP contribution in [0.1, 0.15) is 34.0 Å². The number of carbonyl (C=O) groups is 1. The summed E-state index contributed by atoms with van der Waals surface area (Å²) in [6.45, 7) is 1.91. The first-order valence-corrected chi connectivity index (χ1v) is 7.26. The van der Waals surface area contributed by atoms with Gasteiger partial charge in [-0.3, -0.25) is 0 Å². The van der Waals surface area contributed by atoms with Crippen LogP contribution in [0.2, 0.25) is 0 Å². The van der Waals surface area contributed by atoms with Gasteiger partial charge >= 0.3 is 5.97 Å². The highest BCUT2D eigenvalue weighted by atomic mass is 16.5. The van der Waals surface area contributed by atoms with Gasteiger partial charge < -0.3 is 14.9 Å². The highest BCUT2D eigenvalue weighted by Gasteiger charge is 2.16. The van der Waals surface area contributed by atoms with Crippen LogP contribution in [-0.2, 0) is 19.3 Å². The SMILES string of the molecule is CCc1c(O)ccc(C(=O)O)c1CCc1ccc(OC)cc1. The lowest BCUT2D eigenvalue weighted by Gasteiger charge is -2.13. The van der Waals surface area contributed by atoms with E-state index < -0.39 is 5.97 Å².